The minimum atomic E-state index is -0.797. The molecule has 0 unspecified atom stereocenters. The number of unbranched alkanes of at least 4 members (excludes halogenated alkanes) is 23. The minimum Gasteiger partial charge on any atom is -0.462 e. The van der Waals surface area contributed by atoms with Crippen molar-refractivity contribution < 1.29 is 28.6 Å². The van der Waals surface area contributed by atoms with Gasteiger partial charge in [0.1, 0.15) is 13.2 Å². The van der Waals surface area contributed by atoms with Crippen LogP contribution in [0.1, 0.15) is 252 Å². The van der Waals surface area contributed by atoms with Crippen LogP contribution in [0.25, 0.3) is 0 Å². The van der Waals surface area contributed by atoms with E-state index in [1.54, 1.807) is 0 Å². The summed E-state index contributed by atoms with van der Waals surface area (Å²) in [6.07, 6.45) is 68.5. The Morgan fingerprint density at radius 1 is 0.323 bits per heavy atom. The van der Waals surface area contributed by atoms with Crippen LogP contribution in [0.2, 0.25) is 0 Å². The first-order chi connectivity index (χ1) is 32.0. The topological polar surface area (TPSA) is 78.9 Å². The predicted molar refractivity (Wildman–Crippen MR) is 279 cm³/mol. The van der Waals surface area contributed by atoms with Crippen LogP contribution in [0.3, 0.4) is 0 Å². The summed E-state index contributed by atoms with van der Waals surface area (Å²) < 4.78 is 16.8. The lowest BCUT2D eigenvalue weighted by atomic mass is 10.1. The smallest absolute Gasteiger partial charge is 0.306 e. The molecule has 0 spiro atoms. The van der Waals surface area contributed by atoms with Gasteiger partial charge in [0.2, 0.25) is 0 Å². The number of carbonyl (C=O) groups excluding carboxylic acids is 3. The van der Waals surface area contributed by atoms with Gasteiger partial charge in [-0.3, -0.25) is 14.4 Å². The van der Waals surface area contributed by atoms with E-state index in [1.165, 1.54) is 89.9 Å². The molecule has 0 heterocycles. The lowest BCUT2D eigenvalue weighted by molar-refractivity contribution is -0.167. The standard InChI is InChI=1S/C59H100O6/c1-4-7-10-13-16-19-22-25-28-29-32-34-37-40-43-46-49-52-58(61)64-55-56(65-59(62)53-50-47-44-41-38-35-31-27-24-21-18-15-12-9-6-3)54-63-57(60)51-48-45-42-39-36-33-30-26-23-20-17-14-11-8-5-2/h9,12,16,18-21,23,25,27-28,31-32,34,56H,4-8,10-11,13-15,17,22,24,26,29-30,33,35-55H2,1-3H3/b12-9-,19-16-,21-18-,23-20-,28-25-,31-27-,34-32-/t56-/m0/s1. The summed E-state index contributed by atoms with van der Waals surface area (Å²) in [6, 6.07) is 0. The number of hydrogen-bond acceptors (Lipinski definition) is 6. The SMILES string of the molecule is CC/C=C\C/C=C\C/C=C\CCCCCCCC(=O)O[C@H](COC(=O)CCCCCC/C=C\C/C=C\C/C=C\CCCCC)COC(=O)CCCCCCCCC/C=C\CCCCCC. The highest BCUT2D eigenvalue weighted by molar-refractivity contribution is 5.71. The van der Waals surface area contributed by atoms with Gasteiger partial charge >= 0.3 is 17.9 Å². The minimum absolute atomic E-state index is 0.0935. The molecule has 0 aromatic rings. The van der Waals surface area contributed by atoms with Gasteiger partial charge in [-0.1, -0.05) is 202 Å². The van der Waals surface area contributed by atoms with Crippen molar-refractivity contribution >= 4 is 17.9 Å². The maximum atomic E-state index is 12.8. The molecule has 0 aliphatic carbocycles. The summed E-state index contributed by atoms with van der Waals surface area (Å²) in [5.74, 6) is -0.936. The largest absolute Gasteiger partial charge is 0.462 e. The van der Waals surface area contributed by atoms with Crippen molar-refractivity contribution in [2.75, 3.05) is 13.2 Å². The summed E-state index contributed by atoms with van der Waals surface area (Å²) in [4.78, 5) is 38.1. The van der Waals surface area contributed by atoms with Gasteiger partial charge in [0, 0.05) is 19.3 Å². The van der Waals surface area contributed by atoms with E-state index >= 15 is 0 Å². The molecule has 1 atom stereocenters. The van der Waals surface area contributed by atoms with E-state index in [9.17, 15) is 14.4 Å². The van der Waals surface area contributed by atoms with Crippen LogP contribution in [-0.2, 0) is 28.6 Å². The van der Waals surface area contributed by atoms with E-state index in [-0.39, 0.29) is 31.1 Å². The molecule has 0 aromatic heterocycles. The van der Waals surface area contributed by atoms with Crippen molar-refractivity contribution in [3.63, 3.8) is 0 Å². The quantitative estimate of drug-likeness (QED) is 0.0262. The first-order valence-electron chi connectivity index (χ1n) is 27.1. The third kappa shape index (κ3) is 51.4. The lowest BCUT2D eigenvalue weighted by Gasteiger charge is -2.18. The van der Waals surface area contributed by atoms with Crippen LogP contribution in [0.5, 0.6) is 0 Å². The molecule has 0 aliphatic rings. The molecular weight excluding hydrogens is 805 g/mol. The third-order valence-corrected chi connectivity index (χ3v) is 11.4. The van der Waals surface area contributed by atoms with Crippen molar-refractivity contribution in [1.29, 1.82) is 0 Å². The molecule has 0 aromatic carbocycles. The molecule has 0 N–H and O–H groups in total. The van der Waals surface area contributed by atoms with Gasteiger partial charge in [0.25, 0.3) is 0 Å². The fraction of sp³-hybridized carbons (Fsp3) is 0.712. The number of carbonyl (C=O) groups is 3. The second kappa shape index (κ2) is 53.2. The predicted octanol–water partition coefficient (Wildman–Crippen LogP) is 18.0. The van der Waals surface area contributed by atoms with Gasteiger partial charge in [-0.2, -0.15) is 0 Å². The maximum absolute atomic E-state index is 12.8. The van der Waals surface area contributed by atoms with E-state index in [0.29, 0.717) is 19.3 Å². The maximum Gasteiger partial charge on any atom is 0.306 e. The van der Waals surface area contributed by atoms with Gasteiger partial charge in [0.05, 0.1) is 0 Å². The molecule has 0 fully saturated rings. The normalized spacial score (nSPS) is 12.7. The van der Waals surface area contributed by atoms with Gasteiger partial charge in [-0.15, -0.1) is 0 Å². The number of hydrogen-bond donors (Lipinski definition) is 0. The molecule has 372 valence electrons. The van der Waals surface area contributed by atoms with E-state index in [2.05, 4.69) is 106 Å². The summed E-state index contributed by atoms with van der Waals surface area (Å²) in [5, 5.41) is 0. The molecule has 0 radical (unpaired) electrons. The van der Waals surface area contributed by atoms with Crippen molar-refractivity contribution in [2.24, 2.45) is 0 Å². The zero-order valence-electron chi connectivity index (χ0n) is 42.5. The summed E-state index contributed by atoms with van der Waals surface area (Å²) in [7, 11) is 0. The Morgan fingerprint density at radius 3 is 0.985 bits per heavy atom. The number of allylic oxidation sites excluding steroid dienone is 14. The van der Waals surface area contributed by atoms with E-state index in [1.807, 2.05) is 0 Å². The second-order valence-corrected chi connectivity index (χ2v) is 17.7. The summed E-state index contributed by atoms with van der Waals surface area (Å²) in [5.41, 5.74) is 0. The molecule has 0 saturated carbocycles. The molecule has 6 nitrogen and oxygen atoms in total. The number of ether oxygens (including phenoxy) is 3. The average molecular weight is 905 g/mol. The van der Waals surface area contributed by atoms with E-state index in [4.69, 9.17) is 14.2 Å². The molecule has 0 amide bonds. The fourth-order valence-electron chi connectivity index (χ4n) is 7.28. The highest BCUT2D eigenvalue weighted by Gasteiger charge is 2.19. The third-order valence-electron chi connectivity index (χ3n) is 11.4. The molecule has 0 bridgehead atoms. The molecule has 65 heavy (non-hydrogen) atoms. The van der Waals surface area contributed by atoms with E-state index < -0.39 is 6.10 Å². The van der Waals surface area contributed by atoms with E-state index in [0.717, 1.165) is 122 Å². The van der Waals surface area contributed by atoms with Crippen LogP contribution < -0.4 is 0 Å². The van der Waals surface area contributed by atoms with Crippen molar-refractivity contribution in [3.05, 3.63) is 85.1 Å². The number of esters is 3. The second-order valence-electron chi connectivity index (χ2n) is 17.7. The molecule has 0 rings (SSSR count). The van der Waals surface area contributed by atoms with Crippen molar-refractivity contribution in [2.45, 2.75) is 258 Å². The average Bonchev–Trinajstić information content (AvgIpc) is 3.30. The Balaban J connectivity index is 4.46. The highest BCUT2D eigenvalue weighted by Crippen LogP contribution is 2.14. The highest BCUT2D eigenvalue weighted by atomic mass is 16.6. The van der Waals surface area contributed by atoms with Gasteiger partial charge < -0.3 is 14.2 Å². The first kappa shape index (κ1) is 61.6. The van der Waals surface area contributed by atoms with Crippen LogP contribution in [0.4, 0.5) is 0 Å². The Kier molecular flexibility index (Phi) is 50.4. The van der Waals surface area contributed by atoms with Crippen LogP contribution in [-0.4, -0.2) is 37.2 Å². The lowest BCUT2D eigenvalue weighted by Crippen LogP contribution is -2.30. The van der Waals surface area contributed by atoms with Crippen molar-refractivity contribution in [3.8, 4) is 0 Å². The zero-order valence-corrected chi connectivity index (χ0v) is 42.5. The summed E-state index contributed by atoms with van der Waals surface area (Å²) in [6.45, 7) is 6.45. The Morgan fingerprint density at radius 2 is 0.600 bits per heavy atom. The Labute approximate surface area is 401 Å². The molecular formula is C59H100O6. The summed E-state index contributed by atoms with van der Waals surface area (Å²) >= 11 is 0. The Bertz CT molecular complexity index is 1270. The van der Waals surface area contributed by atoms with Gasteiger partial charge in [-0.05, 0) is 116 Å². The molecule has 0 aliphatic heterocycles. The van der Waals surface area contributed by atoms with Crippen molar-refractivity contribution in [1.82, 2.24) is 0 Å². The fourth-order valence-corrected chi connectivity index (χ4v) is 7.28. The van der Waals surface area contributed by atoms with Crippen LogP contribution in [0.15, 0.2) is 85.1 Å². The zero-order chi connectivity index (χ0) is 47.2. The first-order valence-corrected chi connectivity index (χ1v) is 27.1. The van der Waals surface area contributed by atoms with Crippen LogP contribution >= 0.6 is 0 Å². The molecule has 6 heteroatoms. The van der Waals surface area contributed by atoms with Crippen LogP contribution in [0, 0.1) is 0 Å². The number of rotatable bonds is 48. The molecule has 0 saturated heterocycles. The van der Waals surface area contributed by atoms with Gasteiger partial charge in [-0.25, -0.2) is 0 Å². The Hall–Kier alpha value is -3.41. The van der Waals surface area contributed by atoms with Gasteiger partial charge in [0.15, 0.2) is 6.10 Å². The monoisotopic (exact) mass is 905 g/mol.